The van der Waals surface area contributed by atoms with Crippen LogP contribution < -0.4 is 0 Å². The monoisotopic (exact) mass is 284 g/mol. The molecule has 0 radical (unpaired) electrons. The van der Waals surface area contributed by atoms with Crippen molar-refractivity contribution in [2.75, 3.05) is 33.7 Å². The molecular weight excluding hydrogens is 264 g/mol. The van der Waals surface area contributed by atoms with E-state index in [4.69, 9.17) is 5.11 Å². The molecule has 0 aromatic carbocycles. The van der Waals surface area contributed by atoms with E-state index >= 15 is 0 Å². The van der Waals surface area contributed by atoms with Crippen LogP contribution in [0.4, 0.5) is 0 Å². The first-order valence-electron chi connectivity index (χ1n) is 6.04. The number of carboxylic acid groups (broad SMARTS) is 1. The van der Waals surface area contributed by atoms with Crippen LogP contribution in [0, 0.1) is 13.8 Å². The van der Waals surface area contributed by atoms with Crippen LogP contribution in [0.2, 0.25) is 0 Å². The topological polar surface area (TPSA) is 60.9 Å². The Morgan fingerprint density at radius 2 is 1.89 bits per heavy atom. The predicted octanol–water partition coefficient (Wildman–Crippen LogP) is 1.45. The van der Waals surface area contributed by atoms with Crippen molar-refractivity contribution in [3.05, 3.63) is 21.4 Å². The maximum absolute atomic E-state index is 12.4. The van der Waals surface area contributed by atoms with E-state index in [2.05, 4.69) is 0 Å². The number of aliphatic carboxylic acids is 1. The molecule has 0 saturated carbocycles. The predicted molar refractivity (Wildman–Crippen MR) is 75.9 cm³/mol. The first kappa shape index (κ1) is 15.7. The Morgan fingerprint density at radius 3 is 2.32 bits per heavy atom. The van der Waals surface area contributed by atoms with Crippen LogP contribution in [0.3, 0.4) is 0 Å². The summed E-state index contributed by atoms with van der Waals surface area (Å²) < 4.78 is 0. The highest BCUT2D eigenvalue weighted by Gasteiger charge is 2.21. The van der Waals surface area contributed by atoms with Crippen molar-refractivity contribution < 1.29 is 14.7 Å². The first-order valence-corrected chi connectivity index (χ1v) is 6.85. The van der Waals surface area contributed by atoms with E-state index in [1.807, 2.05) is 38.9 Å². The average molecular weight is 284 g/mol. The van der Waals surface area contributed by atoms with Crippen LogP contribution in [0.1, 0.15) is 20.1 Å². The molecule has 0 aliphatic rings. The van der Waals surface area contributed by atoms with Gasteiger partial charge >= 0.3 is 5.97 Å². The zero-order valence-corrected chi connectivity index (χ0v) is 12.6. The molecule has 106 valence electrons. The average Bonchev–Trinajstić information content (AvgIpc) is 2.62. The lowest BCUT2D eigenvalue weighted by Gasteiger charge is -2.22. The van der Waals surface area contributed by atoms with Gasteiger partial charge in [-0.3, -0.25) is 9.59 Å². The van der Waals surface area contributed by atoms with Gasteiger partial charge in [-0.2, -0.15) is 0 Å². The molecule has 1 heterocycles. The zero-order valence-electron chi connectivity index (χ0n) is 11.8. The number of likely N-dealkylation sites (N-methyl/N-ethyl adjacent to an activating group) is 1. The SMILES string of the molecule is Cc1cc(C(=O)N(CCN(C)C)CC(=O)O)c(C)s1. The number of carbonyl (C=O) groups excluding carboxylic acids is 1. The normalized spacial score (nSPS) is 10.8. The lowest BCUT2D eigenvalue weighted by molar-refractivity contribution is -0.137. The lowest BCUT2D eigenvalue weighted by atomic mass is 10.2. The van der Waals surface area contributed by atoms with Gasteiger partial charge in [0, 0.05) is 22.8 Å². The number of hydrogen-bond donors (Lipinski definition) is 1. The number of carboxylic acids is 1. The van der Waals surface area contributed by atoms with Crippen LogP contribution >= 0.6 is 11.3 Å². The van der Waals surface area contributed by atoms with E-state index < -0.39 is 5.97 Å². The molecule has 0 aliphatic carbocycles. The van der Waals surface area contributed by atoms with Gasteiger partial charge in [0.05, 0.1) is 5.56 Å². The minimum atomic E-state index is -0.989. The summed E-state index contributed by atoms with van der Waals surface area (Å²) in [4.78, 5) is 28.6. The molecular formula is C13H20N2O3S. The molecule has 0 bridgehead atoms. The van der Waals surface area contributed by atoms with E-state index in [-0.39, 0.29) is 12.5 Å². The number of thiophene rings is 1. The van der Waals surface area contributed by atoms with Crippen LogP contribution in [-0.2, 0) is 4.79 Å². The Bertz CT molecular complexity index is 468. The maximum atomic E-state index is 12.4. The van der Waals surface area contributed by atoms with E-state index in [9.17, 15) is 9.59 Å². The summed E-state index contributed by atoms with van der Waals surface area (Å²) in [6, 6.07) is 1.83. The quantitative estimate of drug-likeness (QED) is 0.859. The largest absolute Gasteiger partial charge is 0.480 e. The molecule has 0 atom stereocenters. The summed E-state index contributed by atoms with van der Waals surface area (Å²) in [6.45, 7) is 4.61. The van der Waals surface area contributed by atoms with Gasteiger partial charge in [-0.1, -0.05) is 0 Å². The number of carbonyl (C=O) groups is 2. The molecule has 0 aliphatic heterocycles. The van der Waals surface area contributed by atoms with Crippen molar-refractivity contribution in [1.82, 2.24) is 9.80 Å². The van der Waals surface area contributed by atoms with Crippen molar-refractivity contribution in [2.45, 2.75) is 13.8 Å². The fraction of sp³-hybridized carbons (Fsp3) is 0.538. The summed E-state index contributed by atoms with van der Waals surface area (Å²) in [6.07, 6.45) is 0. The van der Waals surface area contributed by atoms with Crippen LogP contribution in [0.25, 0.3) is 0 Å². The standard InChI is InChI=1S/C13H20N2O3S/c1-9-7-11(10(2)19-9)13(18)15(8-12(16)17)6-5-14(3)4/h7H,5-6,8H2,1-4H3,(H,16,17). The highest BCUT2D eigenvalue weighted by atomic mass is 32.1. The molecule has 0 spiro atoms. The molecule has 1 amide bonds. The summed E-state index contributed by atoms with van der Waals surface area (Å²) in [5.74, 6) is -1.19. The van der Waals surface area contributed by atoms with E-state index in [0.29, 0.717) is 18.7 Å². The molecule has 19 heavy (non-hydrogen) atoms. The van der Waals surface area contributed by atoms with Crippen LogP contribution in [0.15, 0.2) is 6.07 Å². The van der Waals surface area contributed by atoms with Gasteiger partial charge in [0.1, 0.15) is 6.54 Å². The fourth-order valence-corrected chi connectivity index (χ4v) is 2.67. The van der Waals surface area contributed by atoms with Crippen molar-refractivity contribution in [2.24, 2.45) is 0 Å². The van der Waals surface area contributed by atoms with Crippen LogP contribution in [0.5, 0.6) is 0 Å². The Morgan fingerprint density at radius 1 is 1.26 bits per heavy atom. The third-order valence-corrected chi connectivity index (χ3v) is 3.67. The lowest BCUT2D eigenvalue weighted by Crippen LogP contribution is -2.40. The Labute approximate surface area is 117 Å². The van der Waals surface area contributed by atoms with E-state index in [1.54, 1.807) is 11.3 Å². The van der Waals surface area contributed by atoms with Gasteiger partial charge in [-0.25, -0.2) is 0 Å². The van der Waals surface area contributed by atoms with Crippen molar-refractivity contribution in [3.63, 3.8) is 0 Å². The second kappa shape index (κ2) is 6.68. The molecule has 0 unspecified atom stereocenters. The maximum Gasteiger partial charge on any atom is 0.323 e. The van der Waals surface area contributed by atoms with E-state index in [1.165, 1.54) is 4.90 Å². The third-order valence-electron chi connectivity index (χ3n) is 2.70. The van der Waals surface area contributed by atoms with Gasteiger partial charge in [0.15, 0.2) is 0 Å². The summed E-state index contributed by atoms with van der Waals surface area (Å²) in [5, 5.41) is 8.91. The molecule has 6 heteroatoms. The van der Waals surface area contributed by atoms with Crippen LogP contribution in [-0.4, -0.2) is 60.5 Å². The van der Waals surface area contributed by atoms with Gasteiger partial charge in [-0.05, 0) is 34.0 Å². The summed E-state index contributed by atoms with van der Waals surface area (Å²) in [7, 11) is 3.78. The highest BCUT2D eigenvalue weighted by Crippen LogP contribution is 2.22. The highest BCUT2D eigenvalue weighted by molar-refractivity contribution is 7.12. The van der Waals surface area contributed by atoms with Gasteiger partial charge < -0.3 is 14.9 Å². The first-order chi connectivity index (χ1) is 8.81. The number of amides is 1. The molecule has 1 aromatic heterocycles. The van der Waals surface area contributed by atoms with Gasteiger partial charge in [-0.15, -0.1) is 11.3 Å². The molecule has 1 aromatic rings. The number of aryl methyl sites for hydroxylation is 2. The van der Waals surface area contributed by atoms with Gasteiger partial charge in [0.2, 0.25) is 0 Å². The second-order valence-corrected chi connectivity index (χ2v) is 6.21. The Kier molecular flexibility index (Phi) is 5.50. The molecule has 0 fully saturated rings. The molecule has 5 nitrogen and oxygen atoms in total. The number of hydrogen-bond acceptors (Lipinski definition) is 4. The molecule has 0 saturated heterocycles. The minimum absolute atomic E-state index is 0.203. The Hall–Kier alpha value is -1.40. The third kappa shape index (κ3) is 4.65. The smallest absolute Gasteiger partial charge is 0.323 e. The molecule has 1 N–H and O–H groups in total. The number of nitrogens with zero attached hydrogens (tertiary/aromatic N) is 2. The van der Waals surface area contributed by atoms with Crippen molar-refractivity contribution in [3.8, 4) is 0 Å². The van der Waals surface area contributed by atoms with Crippen molar-refractivity contribution >= 4 is 23.2 Å². The second-order valence-electron chi connectivity index (χ2n) is 4.75. The molecule has 1 rings (SSSR count). The zero-order chi connectivity index (χ0) is 14.6. The number of rotatable bonds is 6. The Balaban J connectivity index is 2.87. The summed E-state index contributed by atoms with van der Waals surface area (Å²) >= 11 is 1.55. The van der Waals surface area contributed by atoms with Crippen molar-refractivity contribution in [1.29, 1.82) is 0 Å². The fourth-order valence-electron chi connectivity index (χ4n) is 1.75. The summed E-state index contributed by atoms with van der Waals surface area (Å²) in [5.41, 5.74) is 0.613. The minimum Gasteiger partial charge on any atom is -0.480 e. The van der Waals surface area contributed by atoms with Gasteiger partial charge in [0.25, 0.3) is 5.91 Å². The van der Waals surface area contributed by atoms with E-state index in [0.717, 1.165) is 9.75 Å².